The van der Waals surface area contributed by atoms with Gasteiger partial charge in [0.25, 0.3) is 11.5 Å². The van der Waals surface area contributed by atoms with Crippen LogP contribution in [0.1, 0.15) is 16.8 Å². The highest BCUT2D eigenvalue weighted by Crippen LogP contribution is 2.16. The standard InChI is InChI=1S/C14H21ClN4O4/c1-23-11-7-19(4-5-20)3-2-10(11)17-13(21)8-6-9(15)12(16)18-14(8)22/h6,10-11,20H,2-5,7H2,1H3,(H,17,21)(H3,16,18,22). The smallest absolute Gasteiger partial charge is 0.262 e. The van der Waals surface area contributed by atoms with Crippen LogP contribution in [0.25, 0.3) is 0 Å². The number of piperidine rings is 1. The second-order valence-corrected chi connectivity index (χ2v) is 5.85. The van der Waals surface area contributed by atoms with Crippen molar-refractivity contribution in [1.29, 1.82) is 0 Å². The second-order valence-electron chi connectivity index (χ2n) is 5.44. The van der Waals surface area contributed by atoms with E-state index in [9.17, 15) is 9.59 Å². The molecule has 0 radical (unpaired) electrons. The Bertz CT molecular complexity index is 621. The number of rotatable bonds is 5. The lowest BCUT2D eigenvalue weighted by Gasteiger charge is -2.37. The third-order valence-electron chi connectivity index (χ3n) is 3.94. The lowest BCUT2D eigenvalue weighted by atomic mass is 10.0. The van der Waals surface area contributed by atoms with E-state index in [2.05, 4.69) is 15.2 Å². The molecule has 1 aromatic heterocycles. The highest BCUT2D eigenvalue weighted by atomic mass is 35.5. The molecule has 128 valence electrons. The van der Waals surface area contributed by atoms with Crippen LogP contribution in [-0.4, -0.2) is 66.4 Å². The van der Waals surface area contributed by atoms with Crippen molar-refractivity contribution in [2.75, 3.05) is 39.1 Å². The number of carbonyl (C=O) groups is 1. The van der Waals surface area contributed by atoms with Gasteiger partial charge in [-0.05, 0) is 12.5 Å². The lowest BCUT2D eigenvalue weighted by Crippen LogP contribution is -2.55. The average molecular weight is 345 g/mol. The first kappa shape index (κ1) is 17.7. The highest BCUT2D eigenvalue weighted by molar-refractivity contribution is 6.33. The molecule has 1 aliphatic heterocycles. The van der Waals surface area contributed by atoms with Gasteiger partial charge in [0.2, 0.25) is 0 Å². The maximum absolute atomic E-state index is 12.3. The van der Waals surface area contributed by atoms with E-state index >= 15 is 0 Å². The number of aromatic amines is 1. The van der Waals surface area contributed by atoms with Gasteiger partial charge < -0.3 is 25.9 Å². The minimum Gasteiger partial charge on any atom is -0.395 e. The van der Waals surface area contributed by atoms with E-state index in [-0.39, 0.29) is 35.2 Å². The Hall–Kier alpha value is -1.61. The molecule has 9 heteroatoms. The number of nitrogens with two attached hydrogens (primary N) is 1. The van der Waals surface area contributed by atoms with Crippen molar-refractivity contribution in [1.82, 2.24) is 15.2 Å². The number of pyridine rings is 1. The van der Waals surface area contributed by atoms with Gasteiger partial charge in [-0.3, -0.25) is 14.5 Å². The van der Waals surface area contributed by atoms with Crippen molar-refractivity contribution < 1.29 is 14.6 Å². The van der Waals surface area contributed by atoms with Crippen LogP contribution >= 0.6 is 11.6 Å². The summed E-state index contributed by atoms with van der Waals surface area (Å²) in [5.41, 5.74) is 4.82. The summed E-state index contributed by atoms with van der Waals surface area (Å²) in [4.78, 5) is 28.6. The van der Waals surface area contributed by atoms with Gasteiger partial charge >= 0.3 is 0 Å². The van der Waals surface area contributed by atoms with Gasteiger partial charge in [0.1, 0.15) is 11.4 Å². The molecule has 0 aromatic carbocycles. The van der Waals surface area contributed by atoms with Gasteiger partial charge in [-0.1, -0.05) is 11.6 Å². The molecule has 5 N–H and O–H groups in total. The zero-order chi connectivity index (χ0) is 17.0. The summed E-state index contributed by atoms with van der Waals surface area (Å²) < 4.78 is 5.42. The molecule has 2 atom stereocenters. The zero-order valence-electron chi connectivity index (χ0n) is 12.8. The summed E-state index contributed by atoms with van der Waals surface area (Å²) in [5, 5.41) is 11.9. The predicted octanol–water partition coefficient (Wildman–Crippen LogP) is -0.578. The Morgan fingerprint density at radius 3 is 3.04 bits per heavy atom. The topological polar surface area (TPSA) is 121 Å². The van der Waals surface area contributed by atoms with Crippen molar-refractivity contribution >= 4 is 23.3 Å². The lowest BCUT2D eigenvalue weighted by molar-refractivity contribution is 0.00229. The van der Waals surface area contributed by atoms with Crippen LogP contribution in [0.15, 0.2) is 10.9 Å². The Labute approximate surface area is 138 Å². The second kappa shape index (κ2) is 7.78. The molecule has 2 heterocycles. The summed E-state index contributed by atoms with van der Waals surface area (Å²) in [5.74, 6) is -0.490. The van der Waals surface area contributed by atoms with Crippen LogP contribution < -0.4 is 16.6 Å². The number of anilines is 1. The van der Waals surface area contributed by atoms with Crippen LogP contribution in [-0.2, 0) is 4.74 Å². The number of aliphatic hydroxyl groups excluding tert-OH is 1. The number of aliphatic hydroxyl groups is 1. The number of nitrogen functional groups attached to an aromatic ring is 1. The van der Waals surface area contributed by atoms with Gasteiger partial charge in [0.05, 0.1) is 23.8 Å². The summed E-state index contributed by atoms with van der Waals surface area (Å²) in [6, 6.07) is 1.03. The number of amides is 1. The number of β-amino-alcohol motifs (C(OH)–C–C–N with tert-alkyl or cyclic N) is 1. The summed E-state index contributed by atoms with van der Waals surface area (Å²) in [6.07, 6.45) is 0.438. The molecule has 8 nitrogen and oxygen atoms in total. The van der Waals surface area contributed by atoms with E-state index in [1.165, 1.54) is 6.07 Å². The number of halogens is 1. The fourth-order valence-corrected chi connectivity index (χ4v) is 2.82. The summed E-state index contributed by atoms with van der Waals surface area (Å²) in [7, 11) is 1.57. The van der Waals surface area contributed by atoms with Gasteiger partial charge in [-0.15, -0.1) is 0 Å². The number of hydrogen-bond acceptors (Lipinski definition) is 6. The van der Waals surface area contributed by atoms with Crippen LogP contribution in [0.5, 0.6) is 0 Å². The molecular weight excluding hydrogens is 324 g/mol. The van der Waals surface area contributed by atoms with E-state index in [4.69, 9.17) is 27.2 Å². The molecule has 0 aliphatic carbocycles. The van der Waals surface area contributed by atoms with E-state index in [0.717, 1.165) is 6.54 Å². The molecule has 1 fully saturated rings. The van der Waals surface area contributed by atoms with Gasteiger partial charge in [0.15, 0.2) is 0 Å². The van der Waals surface area contributed by atoms with E-state index in [1.807, 2.05) is 0 Å². The molecular formula is C14H21ClN4O4. The molecule has 0 bridgehead atoms. The fraction of sp³-hybridized carbons (Fsp3) is 0.571. The normalized spacial score (nSPS) is 22.0. The van der Waals surface area contributed by atoms with E-state index in [0.29, 0.717) is 19.5 Å². The Morgan fingerprint density at radius 2 is 2.39 bits per heavy atom. The zero-order valence-corrected chi connectivity index (χ0v) is 13.6. The van der Waals surface area contributed by atoms with Crippen LogP contribution in [0.3, 0.4) is 0 Å². The van der Waals surface area contributed by atoms with E-state index < -0.39 is 11.5 Å². The summed E-state index contributed by atoms with van der Waals surface area (Å²) >= 11 is 5.85. The predicted molar refractivity (Wildman–Crippen MR) is 86.7 cm³/mol. The molecule has 0 saturated carbocycles. The molecule has 0 spiro atoms. The van der Waals surface area contributed by atoms with Crippen LogP contribution in [0, 0.1) is 0 Å². The minimum atomic E-state index is -0.587. The van der Waals surface area contributed by atoms with Crippen LogP contribution in [0.4, 0.5) is 5.82 Å². The number of aromatic nitrogens is 1. The molecule has 1 amide bonds. The Kier molecular flexibility index (Phi) is 6.00. The van der Waals surface area contributed by atoms with Gasteiger partial charge in [0, 0.05) is 26.7 Å². The molecule has 1 aromatic rings. The SMILES string of the molecule is COC1CN(CCO)CCC1NC(=O)c1cc(Cl)c(N)[nH]c1=O. The van der Waals surface area contributed by atoms with Crippen molar-refractivity contribution in [3.8, 4) is 0 Å². The van der Waals surface area contributed by atoms with Gasteiger partial charge in [-0.2, -0.15) is 0 Å². The number of methoxy groups -OCH3 is 1. The van der Waals surface area contributed by atoms with Gasteiger partial charge in [-0.25, -0.2) is 0 Å². The largest absolute Gasteiger partial charge is 0.395 e. The van der Waals surface area contributed by atoms with Crippen molar-refractivity contribution in [2.24, 2.45) is 0 Å². The summed E-state index contributed by atoms with van der Waals surface area (Å²) in [6.45, 7) is 1.96. The van der Waals surface area contributed by atoms with Crippen molar-refractivity contribution in [3.05, 3.63) is 27.0 Å². The fourth-order valence-electron chi connectivity index (χ4n) is 2.66. The number of nitrogens with one attached hydrogen (secondary N) is 2. The average Bonchev–Trinajstić information content (AvgIpc) is 2.52. The van der Waals surface area contributed by atoms with E-state index in [1.54, 1.807) is 7.11 Å². The molecule has 1 aliphatic rings. The molecule has 2 unspecified atom stereocenters. The number of carbonyl (C=O) groups excluding carboxylic acids is 1. The number of likely N-dealkylation sites (tertiary alicyclic amines) is 1. The molecule has 2 rings (SSSR count). The maximum atomic E-state index is 12.3. The third kappa shape index (κ3) is 4.23. The first-order valence-electron chi connectivity index (χ1n) is 7.31. The monoisotopic (exact) mass is 344 g/mol. The number of nitrogens with zero attached hydrogens (tertiary/aromatic N) is 1. The number of H-pyrrole nitrogens is 1. The van der Waals surface area contributed by atoms with Crippen LogP contribution in [0.2, 0.25) is 5.02 Å². The highest BCUT2D eigenvalue weighted by Gasteiger charge is 2.30. The third-order valence-corrected chi connectivity index (χ3v) is 4.26. The number of ether oxygens (including phenoxy) is 1. The molecule has 23 heavy (non-hydrogen) atoms. The maximum Gasteiger partial charge on any atom is 0.262 e. The minimum absolute atomic E-state index is 0.0281. The number of hydrogen-bond donors (Lipinski definition) is 4. The van der Waals surface area contributed by atoms with Crippen molar-refractivity contribution in [2.45, 2.75) is 18.6 Å². The first-order chi connectivity index (χ1) is 11.0. The Morgan fingerprint density at radius 1 is 1.65 bits per heavy atom. The Balaban J connectivity index is 2.08. The quantitative estimate of drug-likeness (QED) is 0.567. The first-order valence-corrected chi connectivity index (χ1v) is 7.69. The van der Waals surface area contributed by atoms with Crippen molar-refractivity contribution in [3.63, 3.8) is 0 Å². The molecule has 1 saturated heterocycles.